The Labute approximate surface area is 227 Å². The van der Waals surface area contributed by atoms with Crippen LogP contribution in [-0.2, 0) is 5.66 Å². The van der Waals surface area contributed by atoms with Gasteiger partial charge in [-0.1, -0.05) is 36.4 Å². The Hall–Kier alpha value is -5.42. The van der Waals surface area contributed by atoms with Gasteiger partial charge in [0.1, 0.15) is 16.6 Å². The van der Waals surface area contributed by atoms with Crippen LogP contribution in [0.15, 0.2) is 122 Å². The lowest BCUT2D eigenvalue weighted by atomic mass is 9.81. The molecule has 7 heterocycles. The number of para-hydroxylation sites is 2. The van der Waals surface area contributed by atoms with Crippen molar-refractivity contribution in [1.82, 2.24) is 9.13 Å². The third-order valence-corrected chi connectivity index (χ3v) is 9.35. The molecule has 3 aliphatic rings. The minimum absolute atomic E-state index is 0.677. The van der Waals surface area contributed by atoms with Crippen LogP contribution in [0, 0.1) is 0 Å². The SMILES string of the molecule is c1cc2c3c(c1)-n1c4ccccc4c4ccc5c(c41)C3([n+]1ccccc1O2)[n+]1cccc2c3ccccc3n-5c21. The molecule has 0 saturated heterocycles. The normalized spacial score (nSPS) is 17.3. The lowest BCUT2D eigenvalue weighted by Crippen LogP contribution is -2.78. The topological polar surface area (TPSA) is 26.8 Å². The van der Waals surface area contributed by atoms with Gasteiger partial charge in [0.15, 0.2) is 17.6 Å². The molecule has 4 aromatic heterocycles. The second-order valence-corrected chi connectivity index (χ2v) is 11.0. The minimum Gasteiger partial charge on any atom is -0.404 e. The van der Waals surface area contributed by atoms with Gasteiger partial charge in [-0.2, -0.15) is 9.13 Å². The number of pyridine rings is 2. The van der Waals surface area contributed by atoms with Crippen LogP contribution in [-0.4, -0.2) is 9.13 Å². The monoisotopic (exact) mass is 512 g/mol. The number of fused-ring (bicyclic) bond motifs is 9. The molecule has 5 heteroatoms. The summed E-state index contributed by atoms with van der Waals surface area (Å²) in [5.74, 6) is 1.72. The van der Waals surface area contributed by atoms with E-state index in [9.17, 15) is 0 Å². The number of rotatable bonds is 0. The Bertz CT molecular complexity index is 2480. The predicted molar refractivity (Wildman–Crippen MR) is 154 cm³/mol. The molecule has 0 fully saturated rings. The zero-order chi connectivity index (χ0) is 25.7. The summed E-state index contributed by atoms with van der Waals surface area (Å²) >= 11 is 0. The maximum atomic E-state index is 6.69. The molecule has 3 aliphatic heterocycles. The van der Waals surface area contributed by atoms with E-state index in [1.165, 1.54) is 55.0 Å². The number of nitrogens with zero attached hydrogens (tertiary/aromatic N) is 4. The highest BCUT2D eigenvalue weighted by atomic mass is 16.5. The molecule has 0 radical (unpaired) electrons. The van der Waals surface area contributed by atoms with Gasteiger partial charge in [-0.05, 0) is 60.7 Å². The molecule has 8 aromatic rings. The average Bonchev–Trinajstić information content (AvgIpc) is 3.53. The van der Waals surface area contributed by atoms with Gasteiger partial charge in [-0.25, -0.2) is 0 Å². The molecule has 40 heavy (non-hydrogen) atoms. The smallest absolute Gasteiger partial charge is 0.377 e. The fourth-order valence-corrected chi connectivity index (χ4v) is 8.04. The fraction of sp³-hybridized carbons (Fsp3) is 0.0286. The second kappa shape index (κ2) is 6.24. The van der Waals surface area contributed by atoms with Crippen molar-refractivity contribution in [3.8, 4) is 23.0 Å². The predicted octanol–water partition coefficient (Wildman–Crippen LogP) is 6.49. The molecule has 0 amide bonds. The van der Waals surface area contributed by atoms with Gasteiger partial charge in [0.2, 0.25) is 0 Å². The van der Waals surface area contributed by atoms with Crippen molar-refractivity contribution in [2.75, 3.05) is 0 Å². The number of benzene rings is 4. The summed E-state index contributed by atoms with van der Waals surface area (Å²) in [5.41, 5.74) is 8.99. The van der Waals surface area contributed by atoms with Gasteiger partial charge in [0.25, 0.3) is 0 Å². The number of aromatic nitrogens is 4. The van der Waals surface area contributed by atoms with Crippen LogP contribution < -0.4 is 13.9 Å². The quantitative estimate of drug-likeness (QED) is 0.214. The molecule has 11 rings (SSSR count). The van der Waals surface area contributed by atoms with E-state index in [4.69, 9.17) is 4.74 Å². The first-order chi connectivity index (χ1) is 19.9. The molecular formula is C35H20N4O+2. The van der Waals surface area contributed by atoms with Crippen molar-refractivity contribution in [1.29, 1.82) is 0 Å². The maximum absolute atomic E-state index is 6.69. The summed E-state index contributed by atoms with van der Waals surface area (Å²) in [6.07, 6.45) is 4.44. The molecular weight excluding hydrogens is 492 g/mol. The molecule has 0 bridgehead atoms. The van der Waals surface area contributed by atoms with E-state index in [0.717, 1.165) is 22.9 Å². The van der Waals surface area contributed by atoms with E-state index in [1.54, 1.807) is 0 Å². The van der Waals surface area contributed by atoms with Gasteiger partial charge in [-0.15, -0.1) is 4.57 Å². The Kier molecular flexibility index (Phi) is 3.06. The van der Waals surface area contributed by atoms with Crippen LogP contribution in [0.2, 0.25) is 0 Å². The summed E-state index contributed by atoms with van der Waals surface area (Å²) in [5, 5.41) is 5.03. The summed E-state index contributed by atoms with van der Waals surface area (Å²) < 4.78 is 16.5. The Morgan fingerprint density at radius 1 is 0.525 bits per heavy atom. The van der Waals surface area contributed by atoms with E-state index in [0.29, 0.717) is 0 Å². The molecule has 1 atom stereocenters. The lowest BCUT2D eigenvalue weighted by molar-refractivity contribution is -0.965. The number of hydrogen-bond acceptors (Lipinski definition) is 1. The summed E-state index contributed by atoms with van der Waals surface area (Å²) in [6.45, 7) is 0. The molecule has 0 saturated carbocycles. The zero-order valence-corrected chi connectivity index (χ0v) is 21.2. The molecule has 1 spiro atoms. The van der Waals surface area contributed by atoms with Crippen LogP contribution in [0.5, 0.6) is 11.6 Å². The Morgan fingerprint density at radius 3 is 2.15 bits per heavy atom. The van der Waals surface area contributed by atoms with Gasteiger partial charge < -0.3 is 9.30 Å². The minimum atomic E-state index is -0.677. The summed E-state index contributed by atoms with van der Waals surface area (Å²) in [7, 11) is 0. The Balaban J connectivity index is 1.54. The maximum Gasteiger partial charge on any atom is 0.377 e. The van der Waals surface area contributed by atoms with Crippen LogP contribution in [0.4, 0.5) is 0 Å². The van der Waals surface area contributed by atoms with Gasteiger partial charge in [-0.3, -0.25) is 0 Å². The van der Waals surface area contributed by atoms with Gasteiger partial charge in [0, 0.05) is 22.2 Å². The molecule has 0 N–H and O–H groups in total. The molecule has 4 aromatic carbocycles. The van der Waals surface area contributed by atoms with Crippen molar-refractivity contribution in [3.63, 3.8) is 0 Å². The van der Waals surface area contributed by atoms with Crippen molar-refractivity contribution in [3.05, 3.63) is 133 Å². The third-order valence-electron chi connectivity index (χ3n) is 9.35. The van der Waals surface area contributed by atoms with E-state index in [-0.39, 0.29) is 0 Å². The molecule has 184 valence electrons. The number of ether oxygens (including phenoxy) is 1. The lowest BCUT2D eigenvalue weighted by Gasteiger charge is -2.39. The Morgan fingerprint density at radius 2 is 1.25 bits per heavy atom. The van der Waals surface area contributed by atoms with Crippen LogP contribution in [0.3, 0.4) is 0 Å². The zero-order valence-electron chi connectivity index (χ0n) is 21.2. The van der Waals surface area contributed by atoms with E-state index >= 15 is 0 Å². The molecule has 5 nitrogen and oxygen atoms in total. The first kappa shape index (κ1) is 19.6. The van der Waals surface area contributed by atoms with Crippen LogP contribution in [0.1, 0.15) is 11.1 Å². The van der Waals surface area contributed by atoms with Crippen molar-refractivity contribution in [2.45, 2.75) is 5.66 Å². The average molecular weight is 513 g/mol. The van der Waals surface area contributed by atoms with E-state index in [1.807, 2.05) is 0 Å². The first-order valence-corrected chi connectivity index (χ1v) is 13.7. The molecule has 1 unspecified atom stereocenters. The van der Waals surface area contributed by atoms with Crippen molar-refractivity contribution >= 4 is 43.7 Å². The standard InChI is InChI=1S/C35H20N4O/c1-3-12-25-21(9-1)23-17-18-28-32-33(23)38(25)27-14-7-15-29-31(27)35(32,36-19-6-5-16-30(36)40-29)37-20-8-11-24-22-10-2-4-13-26(22)39(28)34(24)37/h1-20H/q+2. The fourth-order valence-electron chi connectivity index (χ4n) is 8.04. The van der Waals surface area contributed by atoms with E-state index in [2.05, 4.69) is 140 Å². The third kappa shape index (κ3) is 1.85. The van der Waals surface area contributed by atoms with Gasteiger partial charge in [0.05, 0.1) is 34.4 Å². The molecule has 0 aliphatic carbocycles. The van der Waals surface area contributed by atoms with Crippen molar-refractivity contribution < 1.29 is 13.9 Å². The highest BCUT2D eigenvalue weighted by Gasteiger charge is 2.66. The second-order valence-electron chi connectivity index (χ2n) is 11.0. The van der Waals surface area contributed by atoms with Gasteiger partial charge >= 0.3 is 17.2 Å². The summed E-state index contributed by atoms with van der Waals surface area (Å²) in [6, 6.07) is 39.4. The highest BCUT2D eigenvalue weighted by molar-refractivity contribution is 6.14. The largest absolute Gasteiger partial charge is 0.404 e. The van der Waals surface area contributed by atoms with Crippen LogP contribution in [0.25, 0.3) is 55.1 Å². The number of hydrogen-bond donors (Lipinski definition) is 0. The first-order valence-electron chi connectivity index (χ1n) is 13.7. The van der Waals surface area contributed by atoms with Crippen molar-refractivity contribution in [2.24, 2.45) is 0 Å². The van der Waals surface area contributed by atoms with E-state index < -0.39 is 5.66 Å². The van der Waals surface area contributed by atoms with Crippen LogP contribution >= 0.6 is 0 Å². The summed E-state index contributed by atoms with van der Waals surface area (Å²) in [4.78, 5) is 0. The highest BCUT2D eigenvalue weighted by Crippen LogP contribution is 2.54.